The Hall–Kier alpha value is -1.94. The number of benzene rings is 1. The van der Waals surface area contributed by atoms with Crippen molar-refractivity contribution < 1.29 is 14.2 Å². The number of ether oxygens (including phenoxy) is 1. The van der Waals surface area contributed by atoms with E-state index in [0.717, 1.165) is 5.56 Å². The molecule has 0 spiro atoms. The maximum atomic E-state index is 14.1. The summed E-state index contributed by atoms with van der Waals surface area (Å²) in [6.07, 6.45) is 2.70. The first-order valence-corrected chi connectivity index (χ1v) is 7.95. The predicted octanol–water partition coefficient (Wildman–Crippen LogP) is 3.83. The number of aliphatic hydroxyl groups is 1. The quantitative estimate of drug-likeness (QED) is 0.916. The molecule has 0 saturated carbocycles. The Balaban J connectivity index is 2.28. The molecule has 4 heteroatoms. The fourth-order valence-electron chi connectivity index (χ4n) is 3.33. The maximum absolute atomic E-state index is 14.1. The molecule has 1 unspecified atom stereocenters. The van der Waals surface area contributed by atoms with Crippen LogP contribution in [0.2, 0.25) is 0 Å². The molecule has 122 valence electrons. The van der Waals surface area contributed by atoms with Crippen LogP contribution in [0.15, 0.2) is 36.5 Å². The van der Waals surface area contributed by atoms with E-state index in [9.17, 15) is 9.50 Å². The summed E-state index contributed by atoms with van der Waals surface area (Å²) in [6, 6.07) is 8.27. The van der Waals surface area contributed by atoms with Gasteiger partial charge in [-0.1, -0.05) is 26.8 Å². The van der Waals surface area contributed by atoms with Gasteiger partial charge in [0, 0.05) is 17.2 Å². The van der Waals surface area contributed by atoms with Gasteiger partial charge in [0.2, 0.25) is 0 Å². The van der Waals surface area contributed by atoms with Gasteiger partial charge in [-0.05, 0) is 42.7 Å². The molecule has 3 rings (SSSR count). The van der Waals surface area contributed by atoms with Gasteiger partial charge in [0.15, 0.2) is 0 Å². The Labute approximate surface area is 136 Å². The Morgan fingerprint density at radius 3 is 2.74 bits per heavy atom. The summed E-state index contributed by atoms with van der Waals surface area (Å²) in [7, 11) is 0. The first-order chi connectivity index (χ1) is 10.9. The van der Waals surface area contributed by atoms with Crippen LogP contribution in [0.4, 0.5) is 4.39 Å². The van der Waals surface area contributed by atoms with E-state index in [4.69, 9.17) is 4.74 Å². The smallest absolute Gasteiger partial charge is 0.136 e. The number of nitrogens with zero attached hydrogens (tertiary/aromatic N) is 1. The third-order valence-electron chi connectivity index (χ3n) is 4.39. The zero-order valence-electron chi connectivity index (χ0n) is 13.8. The van der Waals surface area contributed by atoms with E-state index in [0.29, 0.717) is 36.5 Å². The van der Waals surface area contributed by atoms with Crippen molar-refractivity contribution in [3.63, 3.8) is 0 Å². The zero-order chi connectivity index (χ0) is 16.7. The van der Waals surface area contributed by atoms with Crippen LogP contribution in [0.5, 0.6) is 5.75 Å². The highest BCUT2D eigenvalue weighted by Crippen LogP contribution is 2.47. The minimum absolute atomic E-state index is 0.271. The third kappa shape index (κ3) is 2.83. The maximum Gasteiger partial charge on any atom is 0.136 e. The summed E-state index contributed by atoms with van der Waals surface area (Å²) >= 11 is 0. The zero-order valence-corrected chi connectivity index (χ0v) is 13.8. The molecule has 1 aliphatic rings. The van der Waals surface area contributed by atoms with Gasteiger partial charge in [-0.3, -0.25) is 4.98 Å². The van der Waals surface area contributed by atoms with Gasteiger partial charge in [-0.2, -0.15) is 0 Å². The fraction of sp³-hybridized carbons (Fsp3) is 0.421. The van der Waals surface area contributed by atoms with Crippen LogP contribution in [0, 0.1) is 11.2 Å². The van der Waals surface area contributed by atoms with Crippen molar-refractivity contribution in [1.82, 2.24) is 4.98 Å². The van der Waals surface area contributed by atoms with Gasteiger partial charge >= 0.3 is 0 Å². The molecule has 0 fully saturated rings. The summed E-state index contributed by atoms with van der Waals surface area (Å²) in [5.41, 5.74) is 0.119. The molecule has 1 aromatic carbocycles. The van der Waals surface area contributed by atoms with Crippen LogP contribution in [0.1, 0.15) is 44.0 Å². The average molecular weight is 315 g/mol. The normalized spacial score (nSPS) is 22.8. The molecule has 1 aromatic heterocycles. The number of aromatic nitrogens is 1. The van der Waals surface area contributed by atoms with Crippen LogP contribution >= 0.6 is 0 Å². The van der Waals surface area contributed by atoms with Gasteiger partial charge < -0.3 is 9.84 Å². The van der Waals surface area contributed by atoms with Gasteiger partial charge in [-0.25, -0.2) is 4.39 Å². The van der Waals surface area contributed by atoms with E-state index in [1.165, 1.54) is 12.1 Å². The molecule has 0 bridgehead atoms. The minimum Gasteiger partial charge on any atom is -0.492 e. The second kappa shape index (κ2) is 5.60. The molecule has 2 aromatic rings. The van der Waals surface area contributed by atoms with Crippen LogP contribution < -0.4 is 4.74 Å². The summed E-state index contributed by atoms with van der Waals surface area (Å²) in [6.45, 7) is 6.49. The van der Waals surface area contributed by atoms with Crippen molar-refractivity contribution in [2.45, 2.75) is 39.2 Å². The molecule has 0 radical (unpaired) electrons. The van der Waals surface area contributed by atoms with E-state index in [2.05, 4.69) is 4.98 Å². The van der Waals surface area contributed by atoms with Crippen molar-refractivity contribution in [3.8, 4) is 5.75 Å². The lowest BCUT2D eigenvalue weighted by atomic mass is 9.76. The van der Waals surface area contributed by atoms with Gasteiger partial charge in [0.1, 0.15) is 17.2 Å². The second-order valence-corrected chi connectivity index (χ2v) is 7.00. The highest BCUT2D eigenvalue weighted by atomic mass is 19.1. The van der Waals surface area contributed by atoms with Crippen LogP contribution in [-0.2, 0) is 12.0 Å². The van der Waals surface area contributed by atoms with Crippen molar-refractivity contribution >= 4 is 0 Å². The Morgan fingerprint density at radius 1 is 1.30 bits per heavy atom. The number of hydrogen-bond donors (Lipinski definition) is 1. The van der Waals surface area contributed by atoms with Crippen molar-refractivity contribution in [1.29, 1.82) is 0 Å². The van der Waals surface area contributed by atoms with E-state index in [1.54, 1.807) is 18.3 Å². The lowest BCUT2D eigenvalue weighted by Crippen LogP contribution is -2.34. The molecule has 0 saturated heterocycles. The number of rotatable bonds is 2. The van der Waals surface area contributed by atoms with Crippen LogP contribution in [-0.4, -0.2) is 16.7 Å². The minimum atomic E-state index is -1.37. The molecule has 23 heavy (non-hydrogen) atoms. The van der Waals surface area contributed by atoms with E-state index in [-0.39, 0.29) is 11.2 Å². The fourth-order valence-corrected chi connectivity index (χ4v) is 3.33. The standard InChI is InChI=1S/C19H22FNO2/c1-4-13-9-14(20)10-15-17(13)23-12-18(2,3)11-19(15,22)16-7-5-6-8-21-16/h5-10,22H,4,11-12H2,1-3H3. The van der Waals surface area contributed by atoms with Crippen molar-refractivity contribution in [3.05, 3.63) is 59.2 Å². The number of halogens is 1. The average Bonchev–Trinajstić information content (AvgIpc) is 2.62. The molecule has 0 amide bonds. The molecular weight excluding hydrogens is 293 g/mol. The topological polar surface area (TPSA) is 42.4 Å². The van der Waals surface area contributed by atoms with Crippen molar-refractivity contribution in [2.24, 2.45) is 5.41 Å². The molecule has 2 heterocycles. The molecule has 1 atom stereocenters. The van der Waals surface area contributed by atoms with Gasteiger partial charge in [0.25, 0.3) is 0 Å². The Bertz CT molecular complexity index is 715. The van der Waals surface area contributed by atoms with Gasteiger partial charge in [-0.15, -0.1) is 0 Å². The summed E-state index contributed by atoms with van der Waals surface area (Å²) in [4.78, 5) is 4.34. The molecule has 1 N–H and O–H groups in total. The Morgan fingerprint density at radius 2 is 2.09 bits per heavy atom. The van der Waals surface area contributed by atoms with Crippen LogP contribution in [0.25, 0.3) is 0 Å². The second-order valence-electron chi connectivity index (χ2n) is 7.00. The Kier molecular flexibility index (Phi) is 3.88. The van der Waals surface area contributed by atoms with Crippen LogP contribution in [0.3, 0.4) is 0 Å². The van der Waals surface area contributed by atoms with Crippen molar-refractivity contribution in [2.75, 3.05) is 6.61 Å². The van der Waals surface area contributed by atoms with E-state index >= 15 is 0 Å². The summed E-state index contributed by atoms with van der Waals surface area (Å²) < 4.78 is 20.1. The number of fused-ring (bicyclic) bond motifs is 1. The lowest BCUT2D eigenvalue weighted by molar-refractivity contribution is 0.0263. The van der Waals surface area contributed by atoms with E-state index < -0.39 is 5.60 Å². The SMILES string of the molecule is CCc1cc(F)cc2c1OCC(C)(C)CC2(O)c1ccccn1. The number of aryl methyl sites for hydroxylation is 1. The number of hydrogen-bond acceptors (Lipinski definition) is 3. The monoisotopic (exact) mass is 315 g/mol. The molecule has 0 aliphatic carbocycles. The van der Waals surface area contributed by atoms with Gasteiger partial charge in [0.05, 0.1) is 12.3 Å². The third-order valence-corrected chi connectivity index (χ3v) is 4.39. The lowest BCUT2D eigenvalue weighted by Gasteiger charge is -2.33. The van der Waals surface area contributed by atoms with E-state index in [1.807, 2.05) is 26.8 Å². The highest BCUT2D eigenvalue weighted by molar-refractivity contribution is 5.49. The molecular formula is C19H22FNO2. The highest BCUT2D eigenvalue weighted by Gasteiger charge is 2.44. The predicted molar refractivity (Wildman–Crippen MR) is 86.9 cm³/mol. The molecule has 1 aliphatic heterocycles. The summed E-state index contributed by atoms with van der Waals surface area (Å²) in [5.74, 6) is 0.228. The largest absolute Gasteiger partial charge is 0.492 e. The number of pyridine rings is 1. The first kappa shape index (κ1) is 15.9. The summed E-state index contributed by atoms with van der Waals surface area (Å²) in [5, 5.41) is 11.5. The first-order valence-electron chi connectivity index (χ1n) is 7.95. The molecule has 3 nitrogen and oxygen atoms in total.